The summed E-state index contributed by atoms with van der Waals surface area (Å²) < 4.78 is 62.0. The van der Waals surface area contributed by atoms with Crippen LogP contribution in [0, 0.1) is 17.7 Å². The molecule has 3 fully saturated rings. The Hall–Kier alpha value is -1.62. The molecule has 1 aliphatic heterocycles. The first-order chi connectivity index (χ1) is 16.6. The van der Waals surface area contributed by atoms with Crippen LogP contribution in [0.3, 0.4) is 0 Å². The molecule has 35 heavy (non-hydrogen) atoms. The number of halogens is 2. The molecule has 0 aromatic heterocycles. The van der Waals surface area contributed by atoms with E-state index in [-0.39, 0.29) is 48.5 Å². The van der Waals surface area contributed by atoms with Gasteiger partial charge in [0.25, 0.3) is 10.2 Å². The highest BCUT2D eigenvalue weighted by Crippen LogP contribution is 2.35. The Balaban J connectivity index is 1.34. The van der Waals surface area contributed by atoms with Crippen molar-refractivity contribution in [1.29, 1.82) is 0 Å². The monoisotopic (exact) mass is 513 g/mol. The molecule has 3 aliphatic rings. The SMILES string of the molecule is CN(C)S(=O)(=O)N[C@H]1CCN(C(=O)C2CC(F)C2)C[C@H]1COC1CCC(c2cccc(F)c2)CC1. The molecule has 0 radical (unpaired) electrons. The zero-order valence-electron chi connectivity index (χ0n) is 20.5. The maximum absolute atomic E-state index is 13.6. The molecule has 0 bridgehead atoms. The molecule has 1 saturated heterocycles. The summed E-state index contributed by atoms with van der Waals surface area (Å²) in [5, 5.41) is 0. The second kappa shape index (κ2) is 11.2. The molecule has 2 saturated carbocycles. The van der Waals surface area contributed by atoms with Gasteiger partial charge in [-0.1, -0.05) is 12.1 Å². The summed E-state index contributed by atoms with van der Waals surface area (Å²) in [4.78, 5) is 14.6. The molecule has 0 spiro atoms. The van der Waals surface area contributed by atoms with E-state index in [0.29, 0.717) is 32.0 Å². The number of nitrogens with zero attached hydrogens (tertiary/aromatic N) is 2. The molecule has 1 aromatic rings. The van der Waals surface area contributed by atoms with Crippen LogP contribution >= 0.6 is 0 Å². The number of piperidine rings is 1. The Morgan fingerprint density at radius 1 is 1.17 bits per heavy atom. The largest absolute Gasteiger partial charge is 0.378 e. The van der Waals surface area contributed by atoms with Crippen molar-refractivity contribution < 1.29 is 26.7 Å². The van der Waals surface area contributed by atoms with Crippen molar-refractivity contribution in [3.8, 4) is 0 Å². The summed E-state index contributed by atoms with van der Waals surface area (Å²) in [5.41, 5.74) is 1.02. The lowest BCUT2D eigenvalue weighted by molar-refractivity contribution is -0.143. The molecule has 2 aliphatic carbocycles. The zero-order chi connectivity index (χ0) is 25.2. The fourth-order valence-electron chi connectivity index (χ4n) is 5.44. The van der Waals surface area contributed by atoms with E-state index in [1.54, 1.807) is 17.0 Å². The van der Waals surface area contributed by atoms with E-state index >= 15 is 0 Å². The molecule has 1 heterocycles. The molecule has 1 amide bonds. The number of amides is 1. The van der Waals surface area contributed by atoms with Crippen LogP contribution in [0.15, 0.2) is 24.3 Å². The van der Waals surface area contributed by atoms with Crippen LogP contribution < -0.4 is 4.72 Å². The average Bonchev–Trinajstić information content (AvgIpc) is 2.81. The highest BCUT2D eigenvalue weighted by Gasteiger charge is 2.41. The highest BCUT2D eigenvalue weighted by molar-refractivity contribution is 7.87. The number of alkyl halides is 1. The van der Waals surface area contributed by atoms with Gasteiger partial charge in [0.05, 0.1) is 12.7 Å². The third kappa shape index (κ3) is 6.58. The maximum Gasteiger partial charge on any atom is 0.279 e. The number of benzene rings is 1. The van der Waals surface area contributed by atoms with Gasteiger partial charge in [0, 0.05) is 45.1 Å². The van der Waals surface area contributed by atoms with E-state index in [2.05, 4.69) is 4.72 Å². The first kappa shape index (κ1) is 26.4. The van der Waals surface area contributed by atoms with Crippen molar-refractivity contribution in [3.05, 3.63) is 35.6 Å². The summed E-state index contributed by atoms with van der Waals surface area (Å²) in [5.74, 6) is -0.389. The van der Waals surface area contributed by atoms with E-state index in [9.17, 15) is 22.0 Å². The second-order valence-electron chi connectivity index (χ2n) is 10.5. The number of carbonyl (C=O) groups is 1. The minimum Gasteiger partial charge on any atom is -0.378 e. The lowest BCUT2D eigenvalue weighted by atomic mass is 9.81. The lowest BCUT2D eigenvalue weighted by Crippen LogP contribution is -2.57. The number of hydrogen-bond donors (Lipinski definition) is 1. The predicted molar refractivity (Wildman–Crippen MR) is 129 cm³/mol. The molecule has 7 nitrogen and oxygen atoms in total. The lowest BCUT2D eigenvalue weighted by Gasteiger charge is -2.42. The van der Waals surface area contributed by atoms with Gasteiger partial charge in [-0.3, -0.25) is 4.79 Å². The normalized spacial score (nSPS) is 31.9. The fraction of sp³-hybridized carbons (Fsp3) is 0.720. The van der Waals surface area contributed by atoms with Crippen molar-refractivity contribution in [2.75, 3.05) is 33.8 Å². The predicted octanol–water partition coefficient (Wildman–Crippen LogP) is 3.23. The smallest absolute Gasteiger partial charge is 0.279 e. The van der Waals surface area contributed by atoms with Crippen molar-refractivity contribution in [1.82, 2.24) is 13.9 Å². The van der Waals surface area contributed by atoms with E-state index in [4.69, 9.17) is 4.74 Å². The number of ether oxygens (including phenoxy) is 1. The van der Waals surface area contributed by atoms with Gasteiger partial charge in [0.15, 0.2) is 0 Å². The van der Waals surface area contributed by atoms with Gasteiger partial charge >= 0.3 is 0 Å². The van der Waals surface area contributed by atoms with Crippen molar-refractivity contribution >= 4 is 16.1 Å². The van der Waals surface area contributed by atoms with E-state index in [0.717, 1.165) is 35.6 Å². The van der Waals surface area contributed by atoms with Crippen LogP contribution in [0.25, 0.3) is 0 Å². The van der Waals surface area contributed by atoms with Gasteiger partial charge < -0.3 is 9.64 Å². The van der Waals surface area contributed by atoms with Gasteiger partial charge in [-0.25, -0.2) is 8.78 Å². The fourth-order valence-corrected chi connectivity index (χ4v) is 6.35. The molecule has 0 unspecified atom stereocenters. The van der Waals surface area contributed by atoms with Crippen molar-refractivity contribution in [2.45, 2.75) is 69.2 Å². The number of rotatable bonds is 8. The molecular weight excluding hydrogens is 476 g/mol. The van der Waals surface area contributed by atoms with Gasteiger partial charge in [-0.15, -0.1) is 0 Å². The Kier molecular flexibility index (Phi) is 8.45. The van der Waals surface area contributed by atoms with E-state index in [1.807, 2.05) is 6.07 Å². The first-order valence-electron chi connectivity index (χ1n) is 12.6. The van der Waals surface area contributed by atoms with Crippen LogP contribution in [0.2, 0.25) is 0 Å². The standard InChI is InChI=1S/C25H37F2N3O4S/c1-29(2)35(32,33)28-24-10-11-30(25(31)19-13-22(27)14-19)15-20(24)16-34-23-8-6-17(7-9-23)18-4-3-5-21(26)12-18/h3-5,12,17,19-20,22-24,28H,6-11,13-16H2,1-2H3/t17?,19?,20-,22?,23?,24-/m0/s1. The quantitative estimate of drug-likeness (QED) is 0.579. The Morgan fingerprint density at radius 2 is 1.89 bits per heavy atom. The number of hydrogen-bond acceptors (Lipinski definition) is 4. The molecule has 1 aromatic carbocycles. The Morgan fingerprint density at radius 3 is 2.51 bits per heavy atom. The van der Waals surface area contributed by atoms with Gasteiger partial charge in [-0.2, -0.15) is 17.4 Å². The van der Waals surface area contributed by atoms with Crippen LogP contribution in [0.1, 0.15) is 56.4 Å². The van der Waals surface area contributed by atoms with Crippen molar-refractivity contribution in [2.24, 2.45) is 11.8 Å². The molecule has 4 rings (SSSR count). The summed E-state index contributed by atoms with van der Waals surface area (Å²) in [6, 6.07) is 6.43. The highest BCUT2D eigenvalue weighted by atomic mass is 32.2. The average molecular weight is 514 g/mol. The van der Waals surface area contributed by atoms with Gasteiger partial charge in [-0.05, 0) is 68.6 Å². The third-order valence-corrected chi connectivity index (χ3v) is 9.36. The first-order valence-corrected chi connectivity index (χ1v) is 14.1. The summed E-state index contributed by atoms with van der Waals surface area (Å²) >= 11 is 0. The molecule has 2 atom stereocenters. The molecule has 196 valence electrons. The molecule has 1 N–H and O–H groups in total. The van der Waals surface area contributed by atoms with Gasteiger partial charge in [0.2, 0.25) is 5.91 Å². The number of likely N-dealkylation sites (tertiary alicyclic amines) is 1. The number of nitrogens with one attached hydrogen (secondary N) is 1. The Bertz CT molecular complexity index is 979. The molecule has 10 heteroatoms. The minimum atomic E-state index is -3.63. The summed E-state index contributed by atoms with van der Waals surface area (Å²) in [6.07, 6.45) is 3.73. The number of carbonyl (C=O) groups excluding carboxylic acids is 1. The van der Waals surface area contributed by atoms with Crippen LogP contribution in [-0.2, 0) is 19.7 Å². The summed E-state index contributed by atoms with van der Waals surface area (Å²) in [7, 11) is -0.667. The van der Waals surface area contributed by atoms with Crippen LogP contribution in [-0.4, -0.2) is 75.6 Å². The maximum atomic E-state index is 13.6. The minimum absolute atomic E-state index is 0.0339. The van der Waals surface area contributed by atoms with Gasteiger partial charge in [0.1, 0.15) is 12.0 Å². The van der Waals surface area contributed by atoms with E-state index in [1.165, 1.54) is 20.2 Å². The van der Waals surface area contributed by atoms with E-state index < -0.39 is 16.4 Å². The molecular formula is C25H37F2N3O4S. The third-order valence-electron chi connectivity index (χ3n) is 7.80. The second-order valence-corrected chi connectivity index (χ2v) is 12.4. The van der Waals surface area contributed by atoms with Crippen LogP contribution in [0.4, 0.5) is 8.78 Å². The topological polar surface area (TPSA) is 79.0 Å². The zero-order valence-corrected chi connectivity index (χ0v) is 21.4. The van der Waals surface area contributed by atoms with Crippen LogP contribution in [0.5, 0.6) is 0 Å². The Labute approximate surface area is 207 Å². The summed E-state index contributed by atoms with van der Waals surface area (Å²) in [6.45, 7) is 1.18. The van der Waals surface area contributed by atoms with Crippen molar-refractivity contribution in [3.63, 3.8) is 0 Å².